The molecule has 8 heteroatoms. The number of carbonyl (C=O) groups is 2. The Morgan fingerprint density at radius 1 is 1.57 bits per heavy atom. The lowest BCUT2D eigenvalue weighted by Gasteiger charge is -2.40. The van der Waals surface area contributed by atoms with Crippen molar-refractivity contribution >= 4 is 11.9 Å². The molecule has 1 aromatic heterocycles. The largest absolute Gasteiger partial charge is 0.480 e. The molecule has 0 aliphatic carbocycles. The predicted octanol–water partition coefficient (Wildman–Crippen LogP) is -0.874. The summed E-state index contributed by atoms with van der Waals surface area (Å²) in [5.41, 5.74) is 1.17. The van der Waals surface area contributed by atoms with Gasteiger partial charge in [-0.1, -0.05) is 0 Å². The number of carboxylic acids is 1. The van der Waals surface area contributed by atoms with Gasteiger partial charge in [0, 0.05) is 19.5 Å². The van der Waals surface area contributed by atoms with Crippen LogP contribution < -0.4 is 5.32 Å². The maximum Gasteiger partial charge on any atom is 0.326 e. The first-order valence-electron chi connectivity index (χ1n) is 6.86. The molecule has 1 atom stereocenters. The van der Waals surface area contributed by atoms with Crippen LogP contribution in [0.3, 0.4) is 0 Å². The van der Waals surface area contributed by atoms with Crippen molar-refractivity contribution in [2.45, 2.75) is 31.5 Å². The van der Waals surface area contributed by atoms with Crippen LogP contribution in [0.5, 0.6) is 0 Å². The molecule has 3 N–H and O–H groups in total. The van der Waals surface area contributed by atoms with Crippen LogP contribution in [0, 0.1) is 0 Å². The Morgan fingerprint density at radius 2 is 2.33 bits per heavy atom. The van der Waals surface area contributed by atoms with E-state index in [-0.39, 0.29) is 31.1 Å². The molecule has 0 bridgehead atoms. The van der Waals surface area contributed by atoms with Crippen molar-refractivity contribution in [1.82, 2.24) is 20.2 Å². The number of hydrogen-bond acceptors (Lipinski definition) is 5. The molecule has 8 nitrogen and oxygen atoms in total. The average molecular weight is 294 g/mol. The predicted molar refractivity (Wildman–Crippen MR) is 71.5 cm³/mol. The lowest BCUT2D eigenvalue weighted by Crippen LogP contribution is -2.60. The third-order valence-electron chi connectivity index (χ3n) is 4.05. The summed E-state index contributed by atoms with van der Waals surface area (Å²) < 4.78 is 5.61. The van der Waals surface area contributed by atoms with Crippen molar-refractivity contribution in [3.63, 3.8) is 0 Å². The van der Waals surface area contributed by atoms with Crippen molar-refractivity contribution < 1.29 is 19.4 Å². The molecule has 3 rings (SSSR count). The van der Waals surface area contributed by atoms with Gasteiger partial charge < -0.3 is 25.0 Å². The number of carboxylic acid groups (broad SMARTS) is 1. The van der Waals surface area contributed by atoms with E-state index in [4.69, 9.17) is 4.74 Å². The molecule has 0 saturated carbocycles. The summed E-state index contributed by atoms with van der Waals surface area (Å²) in [7, 11) is 0. The number of fused-ring (bicyclic) bond motifs is 1. The first kappa shape index (κ1) is 14.0. The van der Waals surface area contributed by atoms with Gasteiger partial charge in [-0.15, -0.1) is 0 Å². The van der Waals surface area contributed by atoms with Crippen molar-refractivity contribution in [2.75, 3.05) is 19.7 Å². The molecule has 2 aliphatic heterocycles. The zero-order valence-corrected chi connectivity index (χ0v) is 11.8. The van der Waals surface area contributed by atoms with Crippen LogP contribution in [0.15, 0.2) is 6.33 Å². The molecule has 0 spiro atoms. The van der Waals surface area contributed by atoms with Crippen molar-refractivity contribution in [3.8, 4) is 0 Å². The second kappa shape index (κ2) is 5.12. The molecule has 21 heavy (non-hydrogen) atoms. The lowest BCUT2D eigenvalue weighted by atomic mass is 10.00. The van der Waals surface area contributed by atoms with Gasteiger partial charge in [0.15, 0.2) is 0 Å². The number of hydrogen-bond donors (Lipinski definition) is 3. The van der Waals surface area contributed by atoms with E-state index in [1.165, 1.54) is 11.2 Å². The normalized spacial score (nSPS) is 23.3. The van der Waals surface area contributed by atoms with Crippen LogP contribution in [0.25, 0.3) is 0 Å². The summed E-state index contributed by atoms with van der Waals surface area (Å²) >= 11 is 0. The SMILES string of the molecule is CC1(OCC(=O)N2Cc3[nH]cnc3CC2C(=O)O)CNC1. The fraction of sp³-hybridized carbons (Fsp3) is 0.615. The van der Waals surface area contributed by atoms with Crippen LogP contribution in [0.4, 0.5) is 0 Å². The number of H-pyrrole nitrogens is 1. The van der Waals surface area contributed by atoms with E-state index in [0.717, 1.165) is 5.69 Å². The molecular formula is C13H18N4O4. The number of carbonyl (C=O) groups excluding carboxylic acids is 1. The zero-order chi connectivity index (χ0) is 15.0. The standard InChI is InChI=1S/C13H18N4O4/c1-13(5-14-6-13)21-4-11(18)17-3-9-8(15-7-16-9)2-10(17)12(19)20/h7,10,14H,2-6H2,1H3,(H,15,16)(H,19,20). The minimum atomic E-state index is -1.02. The molecular weight excluding hydrogens is 276 g/mol. The highest BCUT2D eigenvalue weighted by molar-refractivity contribution is 5.85. The summed E-state index contributed by atoms with van der Waals surface area (Å²) in [4.78, 5) is 32.1. The maximum atomic E-state index is 12.3. The van der Waals surface area contributed by atoms with Gasteiger partial charge in [-0.25, -0.2) is 9.78 Å². The van der Waals surface area contributed by atoms with Crippen LogP contribution >= 0.6 is 0 Å². The van der Waals surface area contributed by atoms with Crippen LogP contribution in [0.2, 0.25) is 0 Å². The number of aromatic amines is 1. The topological polar surface area (TPSA) is 108 Å². The van der Waals surface area contributed by atoms with E-state index in [1.54, 1.807) is 0 Å². The number of rotatable bonds is 4. The highest BCUT2D eigenvalue weighted by Gasteiger charge is 2.38. The first-order valence-corrected chi connectivity index (χ1v) is 6.86. The molecule has 114 valence electrons. The number of amides is 1. The molecule has 2 aliphatic rings. The maximum absolute atomic E-state index is 12.3. The highest BCUT2D eigenvalue weighted by atomic mass is 16.5. The summed E-state index contributed by atoms with van der Waals surface area (Å²) in [6.07, 6.45) is 1.74. The second-order valence-corrected chi connectivity index (χ2v) is 5.75. The summed E-state index contributed by atoms with van der Waals surface area (Å²) in [5, 5.41) is 12.4. The van der Waals surface area contributed by atoms with Gasteiger partial charge in [-0.2, -0.15) is 0 Å². The monoisotopic (exact) mass is 294 g/mol. The molecule has 3 heterocycles. The van der Waals surface area contributed by atoms with Gasteiger partial charge in [-0.05, 0) is 6.92 Å². The van der Waals surface area contributed by atoms with E-state index in [0.29, 0.717) is 18.8 Å². The number of aliphatic carboxylic acids is 1. The average Bonchev–Trinajstić information content (AvgIpc) is 2.88. The van der Waals surface area contributed by atoms with E-state index < -0.39 is 12.0 Å². The van der Waals surface area contributed by atoms with Gasteiger partial charge in [0.05, 0.1) is 29.9 Å². The number of imidazole rings is 1. The number of ether oxygens (including phenoxy) is 1. The Morgan fingerprint density at radius 3 is 2.95 bits per heavy atom. The molecule has 0 aromatic carbocycles. The van der Waals surface area contributed by atoms with Gasteiger partial charge >= 0.3 is 5.97 Å². The lowest BCUT2D eigenvalue weighted by molar-refractivity contribution is -0.158. The molecule has 1 unspecified atom stereocenters. The Kier molecular flexibility index (Phi) is 3.42. The summed E-state index contributed by atoms with van der Waals surface area (Å²) in [6.45, 7) is 3.45. The van der Waals surface area contributed by atoms with Gasteiger partial charge in [0.1, 0.15) is 12.6 Å². The fourth-order valence-corrected chi connectivity index (χ4v) is 2.62. The third-order valence-corrected chi connectivity index (χ3v) is 4.05. The second-order valence-electron chi connectivity index (χ2n) is 5.75. The van der Waals surface area contributed by atoms with E-state index in [9.17, 15) is 14.7 Å². The molecule has 1 amide bonds. The summed E-state index contributed by atoms with van der Waals surface area (Å²) in [5.74, 6) is -1.33. The Bertz CT molecular complexity index is 566. The summed E-state index contributed by atoms with van der Waals surface area (Å²) in [6, 6.07) is -0.885. The third kappa shape index (κ3) is 2.64. The number of nitrogens with one attached hydrogen (secondary N) is 2. The molecule has 1 fully saturated rings. The molecule has 0 radical (unpaired) electrons. The minimum absolute atomic E-state index is 0.106. The zero-order valence-electron chi connectivity index (χ0n) is 11.8. The van der Waals surface area contributed by atoms with Crippen LogP contribution in [-0.2, 0) is 27.3 Å². The highest BCUT2D eigenvalue weighted by Crippen LogP contribution is 2.22. The number of nitrogens with zero attached hydrogens (tertiary/aromatic N) is 2. The first-order chi connectivity index (χ1) is 9.98. The smallest absolute Gasteiger partial charge is 0.326 e. The van der Waals surface area contributed by atoms with Crippen molar-refractivity contribution in [1.29, 1.82) is 0 Å². The van der Waals surface area contributed by atoms with Gasteiger partial charge in [0.2, 0.25) is 5.91 Å². The van der Waals surface area contributed by atoms with E-state index >= 15 is 0 Å². The molecule has 1 saturated heterocycles. The van der Waals surface area contributed by atoms with Crippen LogP contribution in [0.1, 0.15) is 18.3 Å². The quantitative estimate of drug-likeness (QED) is 0.666. The van der Waals surface area contributed by atoms with Gasteiger partial charge in [0.25, 0.3) is 0 Å². The number of aromatic nitrogens is 2. The van der Waals surface area contributed by atoms with Crippen LogP contribution in [-0.4, -0.2) is 63.2 Å². The fourth-order valence-electron chi connectivity index (χ4n) is 2.62. The van der Waals surface area contributed by atoms with Crippen molar-refractivity contribution in [2.24, 2.45) is 0 Å². The Hall–Kier alpha value is -1.93. The molecule has 1 aromatic rings. The van der Waals surface area contributed by atoms with E-state index in [1.807, 2.05) is 6.92 Å². The Balaban J connectivity index is 1.69. The van der Waals surface area contributed by atoms with Crippen molar-refractivity contribution in [3.05, 3.63) is 17.7 Å². The van der Waals surface area contributed by atoms with Gasteiger partial charge in [-0.3, -0.25) is 4.79 Å². The minimum Gasteiger partial charge on any atom is -0.480 e. The van der Waals surface area contributed by atoms with E-state index in [2.05, 4.69) is 15.3 Å². The Labute approximate surface area is 121 Å².